The Morgan fingerprint density at radius 3 is 2.21 bits per heavy atom. The molecule has 0 aliphatic carbocycles. The van der Waals surface area contributed by atoms with Crippen molar-refractivity contribution in [3.05, 3.63) is 0 Å². The van der Waals surface area contributed by atoms with Gasteiger partial charge in [-0.1, -0.05) is 13.8 Å². The minimum absolute atomic E-state index is 0.0904. The Bertz CT molecular complexity index is 331. The van der Waals surface area contributed by atoms with E-state index in [1.54, 1.807) is 6.92 Å². The molecule has 19 heavy (non-hydrogen) atoms. The molecule has 0 saturated heterocycles. The van der Waals surface area contributed by atoms with Crippen LogP contribution in [0.4, 0.5) is 4.79 Å². The molecule has 0 aliphatic rings. The summed E-state index contributed by atoms with van der Waals surface area (Å²) in [4.78, 5) is 35.4. The van der Waals surface area contributed by atoms with Crippen molar-refractivity contribution in [1.82, 2.24) is 15.5 Å². The van der Waals surface area contributed by atoms with Crippen molar-refractivity contribution in [2.75, 3.05) is 20.1 Å². The topological polar surface area (TPSA) is 98.7 Å². The van der Waals surface area contributed by atoms with Gasteiger partial charge in [0.2, 0.25) is 5.91 Å². The second kappa shape index (κ2) is 8.34. The lowest BCUT2D eigenvalue weighted by Gasteiger charge is -2.24. The lowest BCUT2D eigenvalue weighted by molar-refractivity contribution is -0.139. The fourth-order valence-corrected chi connectivity index (χ4v) is 1.51. The van der Waals surface area contributed by atoms with Gasteiger partial charge < -0.3 is 20.6 Å². The van der Waals surface area contributed by atoms with E-state index in [9.17, 15) is 14.4 Å². The molecule has 0 rings (SSSR count). The molecule has 7 nitrogen and oxygen atoms in total. The first kappa shape index (κ1) is 17.2. The molecule has 0 spiro atoms. The predicted molar refractivity (Wildman–Crippen MR) is 70.7 cm³/mol. The van der Waals surface area contributed by atoms with Crippen LogP contribution in [-0.2, 0) is 9.59 Å². The van der Waals surface area contributed by atoms with Gasteiger partial charge in [0.1, 0.15) is 12.6 Å². The Kier molecular flexibility index (Phi) is 7.55. The van der Waals surface area contributed by atoms with Gasteiger partial charge in [-0.25, -0.2) is 9.59 Å². The molecule has 1 atom stereocenters. The first-order valence-electron chi connectivity index (χ1n) is 6.30. The zero-order chi connectivity index (χ0) is 15.0. The third kappa shape index (κ3) is 6.64. The number of urea groups is 1. The summed E-state index contributed by atoms with van der Waals surface area (Å²) >= 11 is 0. The van der Waals surface area contributed by atoms with E-state index in [4.69, 9.17) is 5.11 Å². The number of amides is 3. The van der Waals surface area contributed by atoms with Gasteiger partial charge in [-0.05, 0) is 19.3 Å². The molecule has 0 saturated carbocycles. The van der Waals surface area contributed by atoms with Gasteiger partial charge in [-0.15, -0.1) is 0 Å². The van der Waals surface area contributed by atoms with Crippen molar-refractivity contribution in [1.29, 1.82) is 0 Å². The third-order valence-corrected chi connectivity index (χ3v) is 2.59. The Balaban J connectivity index is 4.59. The van der Waals surface area contributed by atoms with Crippen LogP contribution < -0.4 is 10.6 Å². The van der Waals surface area contributed by atoms with Crippen LogP contribution in [0.25, 0.3) is 0 Å². The van der Waals surface area contributed by atoms with E-state index in [0.29, 0.717) is 13.0 Å². The Morgan fingerprint density at radius 2 is 1.84 bits per heavy atom. The quantitative estimate of drug-likeness (QED) is 0.619. The molecule has 7 heteroatoms. The van der Waals surface area contributed by atoms with E-state index >= 15 is 0 Å². The van der Waals surface area contributed by atoms with Gasteiger partial charge in [-0.3, -0.25) is 4.79 Å². The SMILES string of the molecule is CCN(CC(=O)NC)C(=O)N[C@@H](CC(C)C)C(=O)O. The van der Waals surface area contributed by atoms with E-state index in [1.807, 2.05) is 13.8 Å². The van der Waals surface area contributed by atoms with Crippen LogP contribution in [-0.4, -0.2) is 54.1 Å². The largest absolute Gasteiger partial charge is 0.480 e. The molecule has 3 amide bonds. The summed E-state index contributed by atoms with van der Waals surface area (Å²) in [5, 5.41) is 13.9. The average Bonchev–Trinajstić information content (AvgIpc) is 2.33. The lowest BCUT2D eigenvalue weighted by atomic mass is 10.0. The van der Waals surface area contributed by atoms with Crippen LogP contribution in [0.2, 0.25) is 0 Å². The summed E-state index contributed by atoms with van der Waals surface area (Å²) in [5.74, 6) is -1.22. The Labute approximate surface area is 113 Å². The number of likely N-dealkylation sites (N-methyl/N-ethyl adjacent to an activating group) is 2. The molecule has 0 aromatic rings. The average molecular weight is 273 g/mol. The number of hydrogen-bond acceptors (Lipinski definition) is 3. The molecular weight excluding hydrogens is 250 g/mol. The molecule has 0 aromatic carbocycles. The van der Waals surface area contributed by atoms with Crippen molar-refractivity contribution in [2.45, 2.75) is 33.2 Å². The van der Waals surface area contributed by atoms with Crippen LogP contribution in [0.5, 0.6) is 0 Å². The van der Waals surface area contributed by atoms with Gasteiger partial charge in [0.05, 0.1) is 0 Å². The third-order valence-electron chi connectivity index (χ3n) is 2.59. The van der Waals surface area contributed by atoms with Crippen molar-refractivity contribution in [2.24, 2.45) is 5.92 Å². The van der Waals surface area contributed by atoms with Gasteiger partial charge in [0.15, 0.2) is 0 Å². The van der Waals surface area contributed by atoms with Gasteiger partial charge in [0.25, 0.3) is 0 Å². The fourth-order valence-electron chi connectivity index (χ4n) is 1.51. The molecule has 0 aliphatic heterocycles. The molecule has 0 fully saturated rings. The van der Waals surface area contributed by atoms with Crippen molar-refractivity contribution in [3.8, 4) is 0 Å². The number of carbonyl (C=O) groups excluding carboxylic acids is 2. The zero-order valence-electron chi connectivity index (χ0n) is 11.9. The van der Waals surface area contributed by atoms with Crippen molar-refractivity contribution >= 4 is 17.9 Å². The minimum atomic E-state index is -1.07. The van der Waals surface area contributed by atoms with Gasteiger partial charge in [0, 0.05) is 13.6 Å². The highest BCUT2D eigenvalue weighted by Gasteiger charge is 2.24. The number of aliphatic carboxylic acids is 1. The normalized spacial score (nSPS) is 11.8. The Morgan fingerprint density at radius 1 is 1.26 bits per heavy atom. The molecule has 0 unspecified atom stereocenters. The molecule has 0 bridgehead atoms. The van der Waals surface area contributed by atoms with E-state index in [1.165, 1.54) is 11.9 Å². The standard InChI is InChI=1S/C12H23N3O4/c1-5-15(7-10(16)13-4)12(19)14-9(11(17)18)6-8(2)3/h8-9H,5-7H2,1-4H3,(H,13,16)(H,14,19)(H,17,18)/t9-/m0/s1. The number of nitrogens with one attached hydrogen (secondary N) is 2. The number of rotatable bonds is 7. The molecule has 3 N–H and O–H groups in total. The fraction of sp³-hybridized carbons (Fsp3) is 0.750. The van der Waals surface area contributed by atoms with E-state index in [0.717, 1.165) is 0 Å². The van der Waals surface area contributed by atoms with Crippen LogP contribution in [0, 0.1) is 5.92 Å². The highest BCUT2D eigenvalue weighted by Crippen LogP contribution is 2.05. The molecule has 0 radical (unpaired) electrons. The number of carbonyl (C=O) groups is 3. The highest BCUT2D eigenvalue weighted by molar-refractivity contribution is 5.86. The summed E-state index contributed by atoms with van der Waals surface area (Å²) in [6.07, 6.45) is 0.346. The lowest BCUT2D eigenvalue weighted by Crippen LogP contribution is -2.50. The summed E-state index contributed by atoms with van der Waals surface area (Å²) < 4.78 is 0. The zero-order valence-corrected chi connectivity index (χ0v) is 11.9. The molecule has 110 valence electrons. The maximum Gasteiger partial charge on any atom is 0.326 e. The maximum absolute atomic E-state index is 11.9. The molecule has 0 heterocycles. The van der Waals surface area contributed by atoms with Gasteiger partial charge >= 0.3 is 12.0 Å². The first-order chi connectivity index (χ1) is 8.81. The first-order valence-corrected chi connectivity index (χ1v) is 6.30. The van der Waals surface area contributed by atoms with E-state index in [-0.39, 0.29) is 18.4 Å². The number of carboxylic acid groups (broad SMARTS) is 1. The second-order valence-electron chi connectivity index (χ2n) is 4.66. The van der Waals surface area contributed by atoms with E-state index < -0.39 is 18.0 Å². The summed E-state index contributed by atoms with van der Waals surface area (Å²) in [7, 11) is 1.48. The maximum atomic E-state index is 11.9. The number of carboxylic acids is 1. The smallest absolute Gasteiger partial charge is 0.326 e. The summed E-state index contributed by atoms with van der Waals surface area (Å²) in [6.45, 7) is 5.72. The monoisotopic (exact) mass is 273 g/mol. The number of nitrogens with zero attached hydrogens (tertiary/aromatic N) is 1. The van der Waals surface area contributed by atoms with Gasteiger partial charge in [-0.2, -0.15) is 0 Å². The van der Waals surface area contributed by atoms with Crippen LogP contribution >= 0.6 is 0 Å². The van der Waals surface area contributed by atoms with Crippen molar-refractivity contribution < 1.29 is 19.5 Å². The molecule has 0 aromatic heterocycles. The van der Waals surface area contributed by atoms with Crippen LogP contribution in [0.1, 0.15) is 27.2 Å². The summed E-state index contributed by atoms with van der Waals surface area (Å²) in [6, 6.07) is -1.48. The summed E-state index contributed by atoms with van der Waals surface area (Å²) in [5.41, 5.74) is 0. The van der Waals surface area contributed by atoms with Crippen LogP contribution in [0.15, 0.2) is 0 Å². The van der Waals surface area contributed by atoms with Crippen molar-refractivity contribution in [3.63, 3.8) is 0 Å². The van der Waals surface area contributed by atoms with E-state index in [2.05, 4.69) is 10.6 Å². The second-order valence-corrected chi connectivity index (χ2v) is 4.66. The number of hydrogen-bond donors (Lipinski definition) is 3. The predicted octanol–water partition coefficient (Wildman–Crippen LogP) is 0.263. The van der Waals surface area contributed by atoms with Crippen LogP contribution in [0.3, 0.4) is 0 Å². The molecular formula is C12H23N3O4. The minimum Gasteiger partial charge on any atom is -0.480 e. The Hall–Kier alpha value is -1.79. The highest BCUT2D eigenvalue weighted by atomic mass is 16.4.